The molecule has 1 fully saturated rings. The Labute approximate surface area is 114 Å². The minimum absolute atomic E-state index is 0.143. The molecular formula is C16H22N2O. The standard InChI is InChI=1S/C16H22N2O/c19-16(18-13-9-10-13)11-17-15-8-4-2-6-12-5-1-3-7-14(12)15/h1,3,5,7,13,15,17H,2,4,6,8-11H2,(H,18,19). The lowest BCUT2D eigenvalue weighted by molar-refractivity contribution is -0.120. The first-order valence-electron chi connectivity index (χ1n) is 7.43. The summed E-state index contributed by atoms with van der Waals surface area (Å²) in [6.45, 7) is 0.440. The summed E-state index contributed by atoms with van der Waals surface area (Å²) in [4.78, 5) is 11.8. The molecule has 1 aromatic carbocycles. The molecule has 1 aromatic rings. The molecule has 3 rings (SSSR count). The summed E-state index contributed by atoms with van der Waals surface area (Å²) < 4.78 is 0. The average Bonchev–Trinajstić information content (AvgIpc) is 3.23. The molecule has 0 bridgehead atoms. The number of fused-ring (bicyclic) bond motifs is 1. The van der Waals surface area contributed by atoms with E-state index >= 15 is 0 Å². The summed E-state index contributed by atoms with van der Waals surface area (Å²) >= 11 is 0. The van der Waals surface area contributed by atoms with Crippen LogP contribution in [0.25, 0.3) is 0 Å². The van der Waals surface area contributed by atoms with E-state index in [4.69, 9.17) is 0 Å². The number of benzene rings is 1. The zero-order valence-corrected chi connectivity index (χ0v) is 11.3. The van der Waals surface area contributed by atoms with Gasteiger partial charge >= 0.3 is 0 Å². The predicted molar refractivity (Wildman–Crippen MR) is 75.9 cm³/mol. The maximum atomic E-state index is 11.8. The summed E-state index contributed by atoms with van der Waals surface area (Å²) in [7, 11) is 0. The van der Waals surface area contributed by atoms with Gasteiger partial charge in [-0.1, -0.05) is 30.7 Å². The number of rotatable bonds is 4. The second-order valence-corrected chi connectivity index (χ2v) is 5.72. The van der Waals surface area contributed by atoms with Crippen LogP contribution in [0.5, 0.6) is 0 Å². The Morgan fingerprint density at radius 2 is 2.00 bits per heavy atom. The normalized spacial score (nSPS) is 22.4. The van der Waals surface area contributed by atoms with Gasteiger partial charge in [0, 0.05) is 12.1 Å². The Morgan fingerprint density at radius 3 is 2.84 bits per heavy atom. The smallest absolute Gasteiger partial charge is 0.234 e. The maximum Gasteiger partial charge on any atom is 0.234 e. The molecule has 3 nitrogen and oxygen atoms in total. The second kappa shape index (κ2) is 5.74. The van der Waals surface area contributed by atoms with Crippen LogP contribution in [0.3, 0.4) is 0 Å². The van der Waals surface area contributed by atoms with Crippen molar-refractivity contribution >= 4 is 5.91 Å². The molecule has 1 saturated carbocycles. The number of nitrogens with one attached hydrogen (secondary N) is 2. The van der Waals surface area contributed by atoms with Crippen LogP contribution < -0.4 is 10.6 Å². The van der Waals surface area contributed by atoms with Crippen LogP contribution in [0.2, 0.25) is 0 Å². The van der Waals surface area contributed by atoms with Gasteiger partial charge in [-0.25, -0.2) is 0 Å². The van der Waals surface area contributed by atoms with Crippen molar-refractivity contribution in [1.82, 2.24) is 10.6 Å². The van der Waals surface area contributed by atoms with Crippen molar-refractivity contribution < 1.29 is 4.79 Å². The first-order valence-corrected chi connectivity index (χ1v) is 7.43. The Hall–Kier alpha value is -1.35. The Morgan fingerprint density at radius 1 is 1.16 bits per heavy atom. The van der Waals surface area contributed by atoms with Gasteiger partial charge in [0.2, 0.25) is 5.91 Å². The molecule has 0 saturated heterocycles. The Bertz CT molecular complexity index is 454. The monoisotopic (exact) mass is 258 g/mol. The second-order valence-electron chi connectivity index (χ2n) is 5.72. The van der Waals surface area contributed by atoms with E-state index in [9.17, 15) is 4.79 Å². The molecular weight excluding hydrogens is 236 g/mol. The average molecular weight is 258 g/mol. The number of carbonyl (C=O) groups is 1. The van der Waals surface area contributed by atoms with Gasteiger partial charge in [0.25, 0.3) is 0 Å². The summed E-state index contributed by atoms with van der Waals surface area (Å²) in [5, 5.41) is 6.47. The van der Waals surface area contributed by atoms with Crippen LogP contribution in [0, 0.1) is 0 Å². The highest BCUT2D eigenvalue weighted by molar-refractivity contribution is 5.78. The first-order chi connectivity index (χ1) is 9.33. The molecule has 102 valence electrons. The molecule has 0 heterocycles. The van der Waals surface area contributed by atoms with Crippen molar-refractivity contribution in [2.24, 2.45) is 0 Å². The first kappa shape index (κ1) is 12.7. The van der Waals surface area contributed by atoms with E-state index in [-0.39, 0.29) is 5.91 Å². The van der Waals surface area contributed by atoms with Crippen LogP contribution in [-0.4, -0.2) is 18.5 Å². The number of aryl methyl sites for hydroxylation is 1. The van der Waals surface area contributed by atoms with E-state index < -0.39 is 0 Å². The van der Waals surface area contributed by atoms with Crippen molar-refractivity contribution in [1.29, 1.82) is 0 Å². The zero-order valence-electron chi connectivity index (χ0n) is 11.3. The number of hydrogen-bond donors (Lipinski definition) is 2. The third-order valence-corrected chi connectivity index (χ3v) is 4.07. The highest BCUT2D eigenvalue weighted by Gasteiger charge is 2.24. The lowest BCUT2D eigenvalue weighted by atomic mass is 9.99. The van der Waals surface area contributed by atoms with Gasteiger partial charge in [-0.15, -0.1) is 0 Å². The predicted octanol–water partition coefficient (Wildman–Crippen LogP) is 2.32. The molecule has 1 unspecified atom stereocenters. The molecule has 0 spiro atoms. The van der Waals surface area contributed by atoms with E-state index in [0.717, 1.165) is 19.3 Å². The van der Waals surface area contributed by atoms with Gasteiger partial charge in [0.15, 0.2) is 0 Å². The van der Waals surface area contributed by atoms with Crippen LogP contribution in [-0.2, 0) is 11.2 Å². The van der Waals surface area contributed by atoms with Crippen LogP contribution in [0.15, 0.2) is 24.3 Å². The Balaban J connectivity index is 1.61. The van der Waals surface area contributed by atoms with Crippen LogP contribution in [0.1, 0.15) is 49.3 Å². The van der Waals surface area contributed by atoms with E-state index in [1.165, 1.54) is 30.4 Å². The van der Waals surface area contributed by atoms with Crippen molar-refractivity contribution in [2.45, 2.75) is 50.6 Å². The number of carbonyl (C=O) groups excluding carboxylic acids is 1. The molecule has 19 heavy (non-hydrogen) atoms. The third kappa shape index (κ3) is 3.35. The molecule has 3 heteroatoms. The van der Waals surface area contributed by atoms with E-state index in [2.05, 4.69) is 34.9 Å². The van der Waals surface area contributed by atoms with E-state index in [1.807, 2.05) is 0 Å². The highest BCUT2D eigenvalue weighted by atomic mass is 16.2. The van der Waals surface area contributed by atoms with E-state index in [1.54, 1.807) is 0 Å². The van der Waals surface area contributed by atoms with Gasteiger partial charge in [0.1, 0.15) is 0 Å². The fourth-order valence-corrected chi connectivity index (χ4v) is 2.86. The maximum absolute atomic E-state index is 11.8. The largest absolute Gasteiger partial charge is 0.352 e. The molecule has 2 aliphatic carbocycles. The lowest BCUT2D eigenvalue weighted by Gasteiger charge is -2.19. The van der Waals surface area contributed by atoms with Crippen molar-refractivity contribution in [3.63, 3.8) is 0 Å². The molecule has 0 radical (unpaired) electrons. The zero-order chi connectivity index (χ0) is 13.1. The van der Waals surface area contributed by atoms with Crippen molar-refractivity contribution in [2.75, 3.05) is 6.54 Å². The minimum atomic E-state index is 0.143. The van der Waals surface area contributed by atoms with Crippen molar-refractivity contribution in [3.05, 3.63) is 35.4 Å². The highest BCUT2D eigenvalue weighted by Crippen LogP contribution is 2.28. The summed E-state index contributed by atoms with van der Waals surface area (Å²) in [6.07, 6.45) is 7.09. The molecule has 1 atom stereocenters. The molecule has 0 aromatic heterocycles. The number of hydrogen-bond acceptors (Lipinski definition) is 2. The Kier molecular flexibility index (Phi) is 3.83. The molecule has 1 amide bonds. The summed E-state index contributed by atoms with van der Waals surface area (Å²) in [5.74, 6) is 0.143. The molecule has 2 aliphatic rings. The topological polar surface area (TPSA) is 41.1 Å². The number of amides is 1. The minimum Gasteiger partial charge on any atom is -0.352 e. The van der Waals surface area contributed by atoms with Crippen LogP contribution >= 0.6 is 0 Å². The van der Waals surface area contributed by atoms with Crippen molar-refractivity contribution in [3.8, 4) is 0 Å². The van der Waals surface area contributed by atoms with E-state index in [0.29, 0.717) is 18.6 Å². The lowest BCUT2D eigenvalue weighted by Crippen LogP contribution is -2.36. The van der Waals surface area contributed by atoms with Gasteiger partial charge in [-0.05, 0) is 43.2 Å². The summed E-state index contributed by atoms with van der Waals surface area (Å²) in [5.41, 5.74) is 2.83. The van der Waals surface area contributed by atoms with Gasteiger partial charge < -0.3 is 10.6 Å². The SMILES string of the molecule is O=C(CNC1CCCCc2ccccc21)NC1CC1. The third-order valence-electron chi connectivity index (χ3n) is 4.07. The fourth-order valence-electron chi connectivity index (χ4n) is 2.86. The molecule has 2 N–H and O–H groups in total. The van der Waals surface area contributed by atoms with Gasteiger partial charge in [-0.2, -0.15) is 0 Å². The van der Waals surface area contributed by atoms with Crippen LogP contribution in [0.4, 0.5) is 0 Å². The summed E-state index contributed by atoms with van der Waals surface area (Å²) in [6, 6.07) is 9.43. The fraction of sp³-hybridized carbons (Fsp3) is 0.562. The van der Waals surface area contributed by atoms with Gasteiger partial charge in [-0.3, -0.25) is 4.79 Å². The van der Waals surface area contributed by atoms with Gasteiger partial charge in [0.05, 0.1) is 6.54 Å². The molecule has 0 aliphatic heterocycles. The quantitative estimate of drug-likeness (QED) is 0.814.